The molecule has 7 aliphatic rings. The van der Waals surface area contributed by atoms with Crippen LogP contribution >= 0.6 is 34.1 Å². The van der Waals surface area contributed by atoms with Crippen molar-refractivity contribution in [1.29, 1.82) is 21.0 Å². The minimum atomic E-state index is -3.91. The van der Waals surface area contributed by atoms with Gasteiger partial charge >= 0.3 is 50.0 Å². The van der Waals surface area contributed by atoms with E-state index in [1.54, 1.807) is 55.4 Å². The summed E-state index contributed by atoms with van der Waals surface area (Å²) in [6, 6.07) is 26.8. The summed E-state index contributed by atoms with van der Waals surface area (Å²) in [4.78, 5) is 63.4. The predicted octanol–water partition coefficient (Wildman–Crippen LogP) is 13.4. The van der Waals surface area contributed by atoms with E-state index in [1.807, 2.05) is 12.1 Å². The van der Waals surface area contributed by atoms with Gasteiger partial charge < -0.3 is 35.0 Å². The number of nitrogens with one attached hydrogen (secondary N) is 1. The molecule has 10 N–H and O–H groups in total. The number of halogens is 8. The normalized spacial score (nSPS) is 19.7. The van der Waals surface area contributed by atoms with E-state index >= 15 is 0 Å². The molecule has 5 aromatic carbocycles. The quantitative estimate of drug-likeness (QED) is 0.00699. The number of carboxylic acid groups (broad SMARTS) is 1. The van der Waals surface area contributed by atoms with Gasteiger partial charge in [0.05, 0.1) is 109 Å². The Morgan fingerprint density at radius 3 is 1.30 bits per heavy atom. The van der Waals surface area contributed by atoms with Crippen LogP contribution in [0.2, 0.25) is 5.02 Å². The fourth-order valence-corrected chi connectivity index (χ4v) is 25.6. The van der Waals surface area contributed by atoms with Gasteiger partial charge in [0.2, 0.25) is 0 Å². The van der Waals surface area contributed by atoms with Gasteiger partial charge in [-0.25, -0.2) is 87.0 Å². The molecule has 5 aliphatic carbocycles. The Hall–Kier alpha value is -9.08. The fourth-order valence-electron chi connectivity index (χ4n) is 15.3. The van der Waals surface area contributed by atoms with Crippen LogP contribution in [0.25, 0.3) is 0 Å². The first kappa shape index (κ1) is 138. The van der Waals surface area contributed by atoms with E-state index in [2.05, 4.69) is 69.2 Å². The van der Waals surface area contributed by atoms with Crippen LogP contribution in [-0.2, 0) is 128 Å². The molecule has 0 amide bonds. The van der Waals surface area contributed by atoms with E-state index in [0.717, 1.165) is 124 Å². The van der Waals surface area contributed by atoms with Gasteiger partial charge in [-0.1, -0.05) is 31.4 Å². The number of aromatic carboxylic acids is 1. The molecule has 2 spiro atoms. The molecule has 1 unspecified atom stereocenters. The molecule has 5 saturated carbocycles. The zero-order chi connectivity index (χ0) is 112. The summed E-state index contributed by atoms with van der Waals surface area (Å²) in [6.07, 6.45) is 15.5. The molecule has 0 bridgehead atoms. The number of nitro benzene ring substituents is 4. The van der Waals surface area contributed by atoms with Gasteiger partial charge in [0.25, 0.3) is 22.7 Å². The third-order valence-corrected chi connectivity index (χ3v) is 39.1. The number of non-ortho nitro benzene ring substituents is 4. The van der Waals surface area contributed by atoms with Gasteiger partial charge in [-0.2, -0.15) is 31.9 Å². The number of anilines is 1. The summed E-state index contributed by atoms with van der Waals surface area (Å²) >= 11 is 9.12. The van der Waals surface area contributed by atoms with Gasteiger partial charge in [0.15, 0.2) is 58.7 Å². The topological polar surface area (TPSA) is 676 Å². The van der Waals surface area contributed by atoms with Crippen LogP contribution in [0.15, 0.2) is 124 Å². The predicted molar refractivity (Wildman–Crippen MR) is 551 cm³/mol. The number of benzene rings is 5. The van der Waals surface area contributed by atoms with Crippen LogP contribution in [0.3, 0.4) is 0 Å². The fraction of sp³-hybridized carbons (Fsp3) is 0.522. The number of nitrogen functional groups attached to an aromatic ring is 1. The van der Waals surface area contributed by atoms with Crippen LogP contribution in [0, 0.1) is 127 Å². The number of rotatable bonds is 22. The standard InChI is InChI=1S/C19H26FN3O3S.2C14H16FN3O4S.C14H18FN3O2S.C12H15FN2O3S.C6H4ClNO2.C6H9NO2S.C4H9.C3H5NO2S.2ClH.Cu.Li.Zn/c1-17(2,3)27(26)22-18(4,10-11-19(13-21)8-5-9-19)15-12-14(23(24)25)6-7-16(15)20;1-13(10-7-9(18(19)20)3-4-11(10)15)8-23(21,22)14(5-2-6-14)12(16)17-13;1-13(17,9-23(21,22)14(8-16)5-2-6-14)11-7-10(18(19)20)3-4-12(11)15;1-13(10-7-9(16)3-4-11(10)15)8-21(19,20)14(5-2-6-14)12(17)18-13;1-8(14-19(18)12(2,3)4)10-7-9(15(16)17)5-6-11(10)13;7-4-1-2-5(6(9)10)8-3-4;1-10(8,9)6(5-7)3-2-4-6;1-3-4-2;1-7(5,6)3-2-4;;;;;/h6-7,12,22H,5,8-11H2,1-4H3;3-4,7H,2,5-6,8H2,1H3,(H2,16,17);3-4,7H,2,5-6,9,17H2,1H3;3-4,7H,2,5-6,8,16H2,1H3,(H2,17,18);5-7H,1-4H3;1-3H,(H,9,10);2-4H2,1H3;1,3-4H2,2H3;3H2,1H3;2*1H;;;/q;;;;;;;-1;;;;2*+1;/p-1/t18-,27+;3*13-;;;;;;;;;;/m0000........../s1. The molecule has 0 radical (unpaired) electrons. The summed E-state index contributed by atoms with van der Waals surface area (Å²) in [5.41, 5.74) is 16.9. The molecular weight excluding hydrogens is 2260 g/mol. The second-order valence-corrected chi connectivity index (χ2v) is 54.1. The first-order chi connectivity index (χ1) is 67.1. The van der Waals surface area contributed by atoms with E-state index in [0.29, 0.717) is 68.5 Å². The third kappa shape index (κ3) is 35.2. The van der Waals surface area contributed by atoms with E-state index in [9.17, 15) is 128 Å². The van der Waals surface area contributed by atoms with Crippen molar-refractivity contribution in [2.24, 2.45) is 37.0 Å². The molecule has 816 valence electrons. The van der Waals surface area contributed by atoms with Gasteiger partial charge in [-0.05, 0) is 233 Å². The summed E-state index contributed by atoms with van der Waals surface area (Å²) in [5.74, 6) is -5.99. The summed E-state index contributed by atoms with van der Waals surface area (Å²) < 4.78 is 214. The van der Waals surface area contributed by atoms with E-state index in [4.69, 9.17) is 50.2 Å². The molecule has 3 heterocycles. The maximum Gasteiger partial charge on any atom is 1.00 e. The van der Waals surface area contributed by atoms with Crippen molar-refractivity contribution in [2.45, 2.75) is 256 Å². The number of hydrogen-bond donors (Lipinski definition) is 6. The Morgan fingerprint density at radius 1 is 0.604 bits per heavy atom. The number of aliphatic imine (C=N–C) groups is 2. The van der Waals surface area contributed by atoms with Gasteiger partial charge in [0.1, 0.15) is 83.8 Å². The molecule has 149 heavy (non-hydrogen) atoms. The van der Waals surface area contributed by atoms with Crippen molar-refractivity contribution in [3.05, 3.63) is 224 Å². The smallest absolute Gasteiger partial charge is 0 e. The zero-order valence-corrected chi connectivity index (χ0v) is 96.4. The Balaban J connectivity index is 0.000000863. The van der Waals surface area contributed by atoms with Crippen LogP contribution in [0.4, 0.5) is 50.4 Å². The average Bonchev–Trinajstić information content (AvgIpc) is 0.710. The maximum absolute atomic E-state index is 14.6. The summed E-state index contributed by atoms with van der Waals surface area (Å²) in [6.45, 7) is 23.8. The second kappa shape index (κ2) is 55.6. The average molecular weight is 2380 g/mol. The third-order valence-electron chi connectivity index (χ3n) is 24.9. The van der Waals surface area contributed by atoms with Crippen molar-refractivity contribution in [3.63, 3.8) is 0 Å². The number of pyridine rings is 1. The summed E-state index contributed by atoms with van der Waals surface area (Å²) in [7, 11) is -16.1. The first-order valence-corrected chi connectivity index (χ1v) is 57.4. The molecule has 39 nitrogen and oxygen atoms in total. The van der Waals surface area contributed by atoms with E-state index in [1.165, 1.54) is 75.9 Å². The van der Waals surface area contributed by atoms with E-state index < -0.39 is 193 Å². The van der Waals surface area contributed by atoms with E-state index in [-0.39, 0.29) is 149 Å². The number of aromatic nitrogens is 1. The number of carbonyl (C=O) groups is 1. The van der Waals surface area contributed by atoms with Gasteiger partial charge in [-0.3, -0.25) is 50.4 Å². The Labute approximate surface area is 918 Å². The number of unbranched alkanes of at least 4 members (excludes halogenated alkanes) is 1. The zero-order valence-electron chi connectivity index (χ0n) is 84.5. The Morgan fingerprint density at radius 2 is 0.987 bits per heavy atom. The number of hydrogen-bond acceptors (Lipinski definition) is 32. The van der Waals surface area contributed by atoms with Crippen LogP contribution in [0.5, 0.6) is 0 Å². The molecular formula is C92H119Cl3CuF5LiN17O22S7Zn. The second-order valence-electron chi connectivity index (χ2n) is 38.4. The Bertz CT molecular complexity index is 6810. The number of nitrogens with two attached hydrogens (primary N) is 4. The molecule has 13 rings (SSSR count). The first-order valence-electron chi connectivity index (χ1n) is 44.5. The molecule has 6 aromatic rings. The number of nitrogens with zero attached hydrogens (tertiary/aromatic N) is 12. The van der Waals surface area contributed by atoms with Crippen molar-refractivity contribution in [3.8, 4) is 24.3 Å². The molecule has 1 aromatic heterocycles. The van der Waals surface area contributed by atoms with Crippen LogP contribution in [0.1, 0.15) is 243 Å². The number of nitro groups is 4. The summed E-state index contributed by atoms with van der Waals surface area (Å²) in [5, 5.41) is 87.3. The maximum atomic E-state index is 14.6. The van der Waals surface area contributed by atoms with Gasteiger partial charge in [-0.15, -0.1) is 12.4 Å². The SMILES string of the molecule is CC(=NS(=O)C(C)(C)C)c1cc([N+](=O)[O-])ccc1F.CC(C)(C)[S@@](=O)N[C@@](C)(CCC1(C#N)CCC1)c1cc([N+](=O)[O-])ccc1F.CS(=O)(=O)C1(C#N)CCC1.CS(=O)(=O)CC#N.C[C@@]1(c2cc(N)ccc2F)CS(=O)(=O)C2(CCC2)C(N)=N1.C[C@@]1(c2cc([N+](=O)[O-])ccc2F)CS(=O)(=O)C2(CCC2)C(N)=N1.C[C@](N)(CS(=O)(=O)C1(C#N)CCC1)c1cc([N+](=O)[O-])ccc1F.Cl.O=C(O)c1ccc(Cl)cn1.[CH2-]CCC.[Cl][Cu].[Li+].[Zn]. The van der Waals surface area contributed by atoms with Crippen molar-refractivity contribution in [2.75, 3.05) is 41.3 Å². The molecule has 57 heteroatoms. The Kier molecular flexibility index (Phi) is 51.5. The van der Waals surface area contributed by atoms with Crippen LogP contribution < -0.4 is 46.5 Å². The van der Waals surface area contributed by atoms with Crippen LogP contribution in [-0.4, -0.2) is 168 Å². The molecule has 0 saturated heterocycles. The number of nitriles is 4. The van der Waals surface area contributed by atoms with Crippen molar-refractivity contribution < 1.29 is 155 Å². The van der Waals surface area contributed by atoms with Gasteiger partial charge in [0, 0.05) is 120 Å². The molecule has 6 atom stereocenters. The number of sulfone groups is 5. The molecule has 2 aliphatic heterocycles. The minimum Gasteiger partial charge on any atom is 0 e. The largest absolute Gasteiger partial charge is 1.00 e. The molecule has 5 fully saturated rings. The number of amidine groups is 2. The van der Waals surface area contributed by atoms with Crippen molar-refractivity contribution >= 4 is 157 Å². The minimum absolute atomic E-state index is 0. The van der Waals surface area contributed by atoms with Crippen molar-refractivity contribution in [1.82, 2.24) is 9.71 Å². The monoisotopic (exact) mass is 2370 g/mol. The number of carboxylic acids is 1.